The first-order valence-corrected chi connectivity index (χ1v) is 8.49. The number of nitrogens with zero attached hydrogens (tertiary/aromatic N) is 4. The van der Waals surface area contributed by atoms with Crippen molar-refractivity contribution in [1.29, 1.82) is 0 Å². The molecule has 25 heavy (non-hydrogen) atoms. The molecule has 1 saturated heterocycles. The third-order valence-electron chi connectivity index (χ3n) is 4.44. The number of rotatable bonds is 4. The van der Waals surface area contributed by atoms with Crippen LogP contribution in [0.4, 0.5) is 5.82 Å². The van der Waals surface area contributed by atoms with E-state index in [1.807, 2.05) is 30.3 Å². The zero-order valence-electron chi connectivity index (χ0n) is 13.9. The maximum atomic E-state index is 12.5. The molecule has 0 saturated carbocycles. The number of carbonyl (C=O) groups is 1. The fourth-order valence-corrected chi connectivity index (χ4v) is 3.14. The predicted molar refractivity (Wildman–Crippen MR) is 96.4 cm³/mol. The van der Waals surface area contributed by atoms with Gasteiger partial charge in [-0.15, -0.1) is 0 Å². The average molecular weight is 333 g/mol. The summed E-state index contributed by atoms with van der Waals surface area (Å²) in [6.07, 6.45) is 5.67. The molecular weight excluding hydrogens is 314 g/mol. The second kappa shape index (κ2) is 6.84. The van der Waals surface area contributed by atoms with E-state index in [9.17, 15) is 4.79 Å². The molecule has 0 atom stereocenters. The lowest BCUT2D eigenvalue weighted by Gasteiger charge is -2.18. The minimum absolute atomic E-state index is 0.122. The van der Waals surface area contributed by atoms with Crippen molar-refractivity contribution in [2.75, 3.05) is 18.0 Å². The van der Waals surface area contributed by atoms with Gasteiger partial charge in [0, 0.05) is 30.2 Å². The molecule has 2 aromatic heterocycles. The second-order valence-electron chi connectivity index (χ2n) is 6.13. The maximum absolute atomic E-state index is 12.5. The molecule has 0 bridgehead atoms. The van der Waals surface area contributed by atoms with E-state index < -0.39 is 0 Å². The maximum Gasteiger partial charge on any atom is 0.251 e. The van der Waals surface area contributed by atoms with Crippen molar-refractivity contribution in [1.82, 2.24) is 20.3 Å². The van der Waals surface area contributed by atoms with Crippen LogP contribution in [0.5, 0.6) is 0 Å². The molecule has 6 heteroatoms. The summed E-state index contributed by atoms with van der Waals surface area (Å²) in [5.74, 6) is 0.797. The summed E-state index contributed by atoms with van der Waals surface area (Å²) in [5, 5.41) is 3.84. The van der Waals surface area contributed by atoms with E-state index in [0.29, 0.717) is 12.1 Å². The second-order valence-corrected chi connectivity index (χ2v) is 6.13. The fraction of sp³-hybridized carbons (Fsp3) is 0.263. The molecule has 1 aliphatic heterocycles. The summed E-state index contributed by atoms with van der Waals surface area (Å²) >= 11 is 0. The van der Waals surface area contributed by atoms with Gasteiger partial charge in [0.15, 0.2) is 0 Å². The van der Waals surface area contributed by atoms with Crippen molar-refractivity contribution in [3.8, 4) is 0 Å². The monoisotopic (exact) mass is 333 g/mol. The van der Waals surface area contributed by atoms with Crippen LogP contribution in [0.1, 0.15) is 28.9 Å². The fourth-order valence-electron chi connectivity index (χ4n) is 3.14. The SMILES string of the molecule is O=C(NCc1ccccn1)c1ccc2ncnc(N3CCCC3)c2c1. The van der Waals surface area contributed by atoms with Crippen LogP contribution in [0.15, 0.2) is 48.9 Å². The van der Waals surface area contributed by atoms with Gasteiger partial charge in [-0.05, 0) is 43.2 Å². The van der Waals surface area contributed by atoms with E-state index >= 15 is 0 Å². The smallest absolute Gasteiger partial charge is 0.251 e. The Morgan fingerprint density at radius 2 is 1.96 bits per heavy atom. The van der Waals surface area contributed by atoms with Gasteiger partial charge in [-0.25, -0.2) is 9.97 Å². The Labute approximate surface area is 145 Å². The first kappa shape index (κ1) is 15.5. The number of pyridine rings is 1. The van der Waals surface area contributed by atoms with Gasteiger partial charge in [0.25, 0.3) is 5.91 Å². The topological polar surface area (TPSA) is 71.0 Å². The third kappa shape index (κ3) is 3.28. The minimum atomic E-state index is -0.122. The average Bonchev–Trinajstić information content (AvgIpc) is 3.20. The number of aromatic nitrogens is 3. The van der Waals surface area contributed by atoms with Crippen LogP contribution >= 0.6 is 0 Å². The number of benzene rings is 1. The van der Waals surface area contributed by atoms with Gasteiger partial charge in [-0.2, -0.15) is 0 Å². The Morgan fingerprint density at radius 3 is 2.76 bits per heavy atom. The van der Waals surface area contributed by atoms with E-state index in [4.69, 9.17) is 0 Å². The molecule has 6 nitrogen and oxygen atoms in total. The molecule has 1 N–H and O–H groups in total. The quantitative estimate of drug-likeness (QED) is 0.794. The molecule has 4 rings (SSSR count). The highest BCUT2D eigenvalue weighted by Gasteiger charge is 2.17. The van der Waals surface area contributed by atoms with Crippen molar-refractivity contribution in [3.63, 3.8) is 0 Å². The van der Waals surface area contributed by atoms with Gasteiger partial charge in [-0.1, -0.05) is 6.07 Å². The summed E-state index contributed by atoms with van der Waals surface area (Å²) in [6.45, 7) is 2.41. The first-order valence-electron chi connectivity index (χ1n) is 8.49. The van der Waals surface area contributed by atoms with Crippen molar-refractivity contribution in [2.24, 2.45) is 0 Å². The number of carbonyl (C=O) groups excluding carboxylic acids is 1. The molecule has 3 aromatic rings. The van der Waals surface area contributed by atoms with Crippen molar-refractivity contribution >= 4 is 22.6 Å². The zero-order valence-corrected chi connectivity index (χ0v) is 13.9. The van der Waals surface area contributed by atoms with Crippen LogP contribution in [0.25, 0.3) is 10.9 Å². The Morgan fingerprint density at radius 1 is 1.08 bits per heavy atom. The molecule has 1 amide bonds. The van der Waals surface area contributed by atoms with Crippen LogP contribution in [-0.2, 0) is 6.54 Å². The molecule has 0 radical (unpaired) electrons. The summed E-state index contributed by atoms with van der Waals surface area (Å²) in [6, 6.07) is 11.2. The molecule has 1 aromatic carbocycles. The van der Waals surface area contributed by atoms with E-state index in [1.165, 1.54) is 12.8 Å². The van der Waals surface area contributed by atoms with Crippen LogP contribution in [0, 0.1) is 0 Å². The standard InChI is InChI=1S/C19H19N5O/c25-19(21-12-15-5-1-2-8-20-15)14-6-7-17-16(11-14)18(23-13-22-17)24-9-3-4-10-24/h1-2,5-8,11,13H,3-4,9-10,12H2,(H,21,25). The lowest BCUT2D eigenvalue weighted by atomic mass is 10.1. The highest BCUT2D eigenvalue weighted by Crippen LogP contribution is 2.26. The van der Waals surface area contributed by atoms with Crippen molar-refractivity contribution in [3.05, 3.63) is 60.2 Å². The molecule has 126 valence electrons. The molecule has 1 fully saturated rings. The van der Waals surface area contributed by atoms with Crippen LogP contribution in [0.2, 0.25) is 0 Å². The first-order chi connectivity index (χ1) is 12.3. The van der Waals surface area contributed by atoms with E-state index in [1.54, 1.807) is 18.6 Å². The van der Waals surface area contributed by atoms with Gasteiger partial charge in [-0.3, -0.25) is 9.78 Å². The number of hydrogen-bond donors (Lipinski definition) is 1. The predicted octanol–water partition coefficient (Wildman–Crippen LogP) is 2.56. The van der Waals surface area contributed by atoms with Crippen LogP contribution in [-0.4, -0.2) is 33.9 Å². The Kier molecular flexibility index (Phi) is 4.24. The Bertz CT molecular complexity index is 891. The van der Waals surface area contributed by atoms with Gasteiger partial charge in [0.2, 0.25) is 0 Å². The number of nitrogens with one attached hydrogen (secondary N) is 1. The molecular formula is C19H19N5O. The van der Waals surface area contributed by atoms with E-state index in [-0.39, 0.29) is 5.91 Å². The van der Waals surface area contributed by atoms with Gasteiger partial charge < -0.3 is 10.2 Å². The minimum Gasteiger partial charge on any atom is -0.356 e. The summed E-state index contributed by atoms with van der Waals surface area (Å²) in [4.78, 5) is 27.8. The molecule has 1 aliphatic rings. The van der Waals surface area contributed by atoms with Gasteiger partial charge in [0.05, 0.1) is 17.8 Å². The zero-order chi connectivity index (χ0) is 17.1. The third-order valence-corrected chi connectivity index (χ3v) is 4.44. The van der Waals surface area contributed by atoms with Crippen LogP contribution < -0.4 is 10.2 Å². The molecule has 3 heterocycles. The number of fused-ring (bicyclic) bond motifs is 1. The summed E-state index contributed by atoms with van der Waals surface area (Å²) in [7, 11) is 0. The lowest BCUT2D eigenvalue weighted by Crippen LogP contribution is -2.23. The largest absolute Gasteiger partial charge is 0.356 e. The lowest BCUT2D eigenvalue weighted by molar-refractivity contribution is 0.0950. The highest BCUT2D eigenvalue weighted by molar-refractivity contribution is 6.00. The van der Waals surface area contributed by atoms with E-state index in [2.05, 4.69) is 25.2 Å². The molecule has 0 spiro atoms. The van der Waals surface area contributed by atoms with Crippen molar-refractivity contribution in [2.45, 2.75) is 19.4 Å². The number of anilines is 1. The number of amides is 1. The number of hydrogen-bond acceptors (Lipinski definition) is 5. The summed E-state index contributed by atoms with van der Waals surface area (Å²) in [5.41, 5.74) is 2.30. The summed E-state index contributed by atoms with van der Waals surface area (Å²) < 4.78 is 0. The van der Waals surface area contributed by atoms with Crippen LogP contribution in [0.3, 0.4) is 0 Å². The van der Waals surface area contributed by atoms with E-state index in [0.717, 1.165) is 35.5 Å². The van der Waals surface area contributed by atoms with Gasteiger partial charge >= 0.3 is 0 Å². The molecule has 0 aliphatic carbocycles. The Balaban J connectivity index is 1.59. The normalized spacial score (nSPS) is 14.0. The molecule has 0 unspecified atom stereocenters. The van der Waals surface area contributed by atoms with Crippen molar-refractivity contribution < 1.29 is 4.79 Å². The Hall–Kier alpha value is -3.02. The van der Waals surface area contributed by atoms with Gasteiger partial charge in [0.1, 0.15) is 12.1 Å². The highest BCUT2D eigenvalue weighted by atomic mass is 16.1.